The first-order chi connectivity index (χ1) is 36.6. The summed E-state index contributed by atoms with van der Waals surface area (Å²) in [7, 11) is -3.87. The third-order valence-corrected chi connectivity index (χ3v) is 18.6. The highest BCUT2D eigenvalue weighted by Gasteiger charge is 2.43. The van der Waals surface area contributed by atoms with Crippen molar-refractivity contribution in [1.82, 2.24) is 45.2 Å². The molecule has 9 rings (SSSR count). The molecule has 18 nitrogen and oxygen atoms in total. The molecule has 3 N–H and O–H groups in total. The fraction of sp³-hybridized carbons (Fsp3) is 0.526. The van der Waals surface area contributed by atoms with Crippen LogP contribution in [0.4, 0.5) is 21.7 Å². The first-order valence-corrected chi connectivity index (χ1v) is 28.4. The Morgan fingerprint density at radius 3 is 2.40 bits per heavy atom. The van der Waals surface area contributed by atoms with Gasteiger partial charge in [0.2, 0.25) is 11.9 Å². The van der Waals surface area contributed by atoms with Crippen molar-refractivity contribution in [2.75, 3.05) is 82.3 Å². The third kappa shape index (κ3) is 12.4. The van der Waals surface area contributed by atoms with E-state index in [-0.39, 0.29) is 58.5 Å². The van der Waals surface area contributed by atoms with Gasteiger partial charge in [-0.25, -0.2) is 32.8 Å². The van der Waals surface area contributed by atoms with Gasteiger partial charge in [0.15, 0.2) is 15.7 Å². The molecule has 77 heavy (non-hydrogen) atoms. The van der Waals surface area contributed by atoms with Crippen molar-refractivity contribution >= 4 is 56.6 Å². The average molecular weight is 1070 g/mol. The zero-order chi connectivity index (χ0) is 54.9. The van der Waals surface area contributed by atoms with E-state index in [9.17, 15) is 17.6 Å². The number of benzene rings is 2. The van der Waals surface area contributed by atoms with E-state index in [4.69, 9.17) is 14.5 Å². The minimum atomic E-state index is -3.87. The summed E-state index contributed by atoms with van der Waals surface area (Å²) in [6.45, 7) is 28.3. The summed E-state index contributed by atoms with van der Waals surface area (Å²) in [6.07, 6.45) is 9.88. The first kappa shape index (κ1) is 55.4. The number of halogens is 1. The second-order valence-electron chi connectivity index (χ2n) is 23.2. The highest BCUT2D eigenvalue weighted by Crippen LogP contribution is 2.43. The van der Waals surface area contributed by atoms with Crippen LogP contribution in [0.25, 0.3) is 10.9 Å². The van der Waals surface area contributed by atoms with Crippen LogP contribution in [-0.4, -0.2) is 156 Å². The van der Waals surface area contributed by atoms with Crippen molar-refractivity contribution in [2.45, 2.75) is 122 Å². The number of aliphatic imine (C=N–C) groups is 2. The van der Waals surface area contributed by atoms with E-state index >= 15 is 0 Å². The fourth-order valence-electron chi connectivity index (χ4n) is 11.1. The predicted octanol–water partition coefficient (Wildman–Crippen LogP) is 7.89. The van der Waals surface area contributed by atoms with Gasteiger partial charge < -0.3 is 34.8 Å². The number of fused-ring (bicyclic) bond motifs is 2. The maximum atomic E-state index is 14.3. The summed E-state index contributed by atoms with van der Waals surface area (Å²) in [5, 5.41) is 14.7. The van der Waals surface area contributed by atoms with Crippen molar-refractivity contribution < 1.29 is 27.1 Å². The van der Waals surface area contributed by atoms with E-state index in [1.807, 2.05) is 31.9 Å². The Morgan fingerprint density at radius 1 is 0.987 bits per heavy atom. The lowest BCUT2D eigenvalue weighted by Gasteiger charge is -2.48. The number of sulfone groups is 1. The molecule has 412 valence electrons. The molecule has 5 aromatic rings. The van der Waals surface area contributed by atoms with Crippen LogP contribution in [0.3, 0.4) is 0 Å². The maximum absolute atomic E-state index is 14.3. The second kappa shape index (κ2) is 22.6. The number of aromatic amines is 1. The van der Waals surface area contributed by atoms with E-state index in [1.54, 1.807) is 51.2 Å². The number of nitrogens with zero attached hydrogens (tertiary/aromatic N) is 10. The molecule has 2 atom stereocenters. The Labute approximate surface area is 453 Å². The number of piperazine rings is 1. The summed E-state index contributed by atoms with van der Waals surface area (Å²) in [5.74, 6) is 2.13. The van der Waals surface area contributed by atoms with Gasteiger partial charge in [-0.1, -0.05) is 26.0 Å². The van der Waals surface area contributed by atoms with Gasteiger partial charge in [0.25, 0.3) is 0 Å². The SMILES string of the molecule is C=NC(=N/C=C(\C)OCCOc1cc2ncnc(Nc3n[nH]c(C)c3C)c2cc1S(=O)(=O)C(C)(C)C)N1CCC2(CCN(C[C@H]3CN[C@H](C)CN3CC(=O)N3CC(C)(C)c4ncc(Cc5ccc(F)cc5)cc43)CC2)CC1. The molecule has 0 radical (unpaired) electrons. The van der Waals surface area contributed by atoms with Gasteiger partial charge in [0, 0.05) is 85.7 Å². The number of nitrogens with one attached hydrogen (secondary N) is 3. The lowest BCUT2D eigenvalue weighted by molar-refractivity contribution is -0.120. The number of amides is 1. The van der Waals surface area contributed by atoms with E-state index in [0.717, 1.165) is 105 Å². The van der Waals surface area contributed by atoms with Crippen LogP contribution in [0.1, 0.15) is 102 Å². The topological polar surface area (TPSA) is 199 Å². The predicted molar refractivity (Wildman–Crippen MR) is 301 cm³/mol. The van der Waals surface area contributed by atoms with Crippen LogP contribution in [0.2, 0.25) is 0 Å². The number of allylic oxidation sites excluding steroid dienone is 1. The number of ether oxygens (including phenoxy) is 2. The number of aromatic nitrogens is 5. The van der Waals surface area contributed by atoms with Gasteiger partial charge in [-0.2, -0.15) is 5.10 Å². The minimum absolute atomic E-state index is 0.0329. The number of piperidine rings is 2. The van der Waals surface area contributed by atoms with Crippen LogP contribution < -0.4 is 20.3 Å². The molecule has 20 heteroatoms. The largest absolute Gasteiger partial charge is 0.493 e. The summed E-state index contributed by atoms with van der Waals surface area (Å²) in [4.78, 5) is 46.2. The van der Waals surface area contributed by atoms with Crippen molar-refractivity contribution in [3.8, 4) is 5.75 Å². The van der Waals surface area contributed by atoms with Gasteiger partial charge in [-0.15, -0.1) is 0 Å². The number of hydrogen-bond donors (Lipinski definition) is 3. The van der Waals surface area contributed by atoms with E-state index in [2.05, 4.69) is 89.0 Å². The van der Waals surface area contributed by atoms with Crippen LogP contribution >= 0.6 is 0 Å². The van der Waals surface area contributed by atoms with E-state index in [0.29, 0.717) is 53.8 Å². The minimum Gasteiger partial charge on any atom is -0.493 e. The number of guanidine groups is 1. The fourth-order valence-corrected chi connectivity index (χ4v) is 12.4. The highest BCUT2D eigenvalue weighted by molar-refractivity contribution is 7.92. The lowest BCUT2D eigenvalue weighted by atomic mass is 9.71. The van der Waals surface area contributed by atoms with Crippen LogP contribution in [0.5, 0.6) is 5.75 Å². The van der Waals surface area contributed by atoms with Crippen molar-refractivity contribution in [3.05, 3.63) is 101 Å². The molecule has 2 aromatic carbocycles. The lowest BCUT2D eigenvalue weighted by Crippen LogP contribution is -2.61. The zero-order valence-corrected chi connectivity index (χ0v) is 47.1. The van der Waals surface area contributed by atoms with Gasteiger partial charge >= 0.3 is 0 Å². The number of anilines is 3. The monoisotopic (exact) mass is 1070 g/mol. The molecular weight excluding hydrogens is 998 g/mol. The van der Waals surface area contributed by atoms with E-state index in [1.165, 1.54) is 18.5 Å². The van der Waals surface area contributed by atoms with Crippen molar-refractivity contribution in [3.63, 3.8) is 0 Å². The summed E-state index contributed by atoms with van der Waals surface area (Å²) >= 11 is 0. The Kier molecular flexibility index (Phi) is 16.2. The molecule has 0 unspecified atom stereocenters. The molecule has 0 bridgehead atoms. The Morgan fingerprint density at radius 2 is 1.71 bits per heavy atom. The normalized spacial score (nSPS) is 20.4. The Hall–Kier alpha value is -6.35. The molecule has 0 aliphatic carbocycles. The first-order valence-electron chi connectivity index (χ1n) is 26.9. The molecule has 3 saturated heterocycles. The number of carbonyl (C=O) groups is 1. The summed E-state index contributed by atoms with van der Waals surface area (Å²) < 4.78 is 52.6. The smallest absolute Gasteiger partial charge is 0.241 e. The molecule has 1 amide bonds. The number of rotatable bonds is 15. The quantitative estimate of drug-likeness (QED) is 0.0396. The standard InChI is InChI=1S/C57H76FN13O5S/c1-37-32-70(34-50(72)71-35-56(8,9)51-47(71)26-42(30-61-51)25-41-11-13-43(58)14-12-41)44(31-60-37)33-68-19-15-57(16-20-68)17-21-69(22-18-57)54(59-10)62-29-38(2)75-23-24-76-48-28-46-45(27-49(48)77(73,74)55(5,6)7)53(64-36-63-46)65-52-39(3)40(4)66-67-52/h11-14,26-30,36-37,44,60H,10,15-25,31-35H2,1-9H3,(H2,63,64,65,66,67)/b38-29+,62-54?/t37-,44-/m1/s1. The number of pyridine rings is 1. The maximum Gasteiger partial charge on any atom is 0.241 e. The molecule has 4 aliphatic rings. The number of carbonyl (C=O) groups excluding carboxylic acids is 1. The Bertz CT molecular complexity index is 3140. The second-order valence-corrected chi connectivity index (χ2v) is 25.9. The molecule has 0 saturated carbocycles. The van der Waals surface area contributed by atoms with Gasteiger partial charge in [-0.3, -0.25) is 19.8 Å². The van der Waals surface area contributed by atoms with E-state index < -0.39 is 14.6 Å². The number of aryl methyl sites for hydroxylation is 1. The molecule has 3 aromatic heterocycles. The molecule has 3 fully saturated rings. The Balaban J connectivity index is 0.760. The molecule has 1 spiro atoms. The van der Waals surface area contributed by atoms with Crippen LogP contribution in [0, 0.1) is 25.1 Å². The van der Waals surface area contributed by atoms with Gasteiger partial charge in [0.1, 0.15) is 47.6 Å². The third-order valence-electron chi connectivity index (χ3n) is 16.1. The molecular formula is C57H76FN13O5S. The van der Waals surface area contributed by atoms with Gasteiger partial charge in [-0.05, 0) is 141 Å². The van der Waals surface area contributed by atoms with Crippen LogP contribution in [0.15, 0.2) is 81.8 Å². The zero-order valence-electron chi connectivity index (χ0n) is 46.2. The molecule has 7 heterocycles. The number of H-pyrrole nitrogens is 1. The molecule has 4 aliphatic heterocycles. The van der Waals surface area contributed by atoms with Crippen molar-refractivity contribution in [1.29, 1.82) is 0 Å². The van der Waals surface area contributed by atoms with Gasteiger partial charge in [0.05, 0.1) is 34.4 Å². The summed E-state index contributed by atoms with van der Waals surface area (Å²) in [5.41, 5.74) is 6.14. The average Bonchev–Trinajstić information content (AvgIpc) is 3.89. The summed E-state index contributed by atoms with van der Waals surface area (Å²) in [6, 6.07) is 12.3. The highest BCUT2D eigenvalue weighted by atomic mass is 32.2. The van der Waals surface area contributed by atoms with Crippen molar-refractivity contribution in [2.24, 2.45) is 15.4 Å². The van der Waals surface area contributed by atoms with Crippen LogP contribution in [-0.2, 0) is 31.2 Å². The number of likely N-dealkylation sites (tertiary alicyclic amines) is 2. The number of hydrogen-bond acceptors (Lipinski definition) is 14.